The monoisotopic (exact) mass is 488 g/mol. The van der Waals surface area contributed by atoms with Gasteiger partial charge in [0, 0.05) is 6.07 Å². The third-order valence-electron chi connectivity index (χ3n) is 4.89. The molecule has 0 amide bonds. The molecule has 32 heavy (non-hydrogen) atoms. The van der Waals surface area contributed by atoms with Gasteiger partial charge in [-0.15, -0.1) is 0 Å². The molecule has 0 fully saturated rings. The van der Waals surface area contributed by atoms with Crippen LogP contribution in [0.3, 0.4) is 0 Å². The van der Waals surface area contributed by atoms with E-state index < -0.39 is 0 Å². The highest BCUT2D eigenvalue weighted by Crippen LogP contribution is 2.29. The number of alkyl halides is 1. The number of rotatable bonds is 10. The molecule has 0 aliphatic heterocycles. The summed E-state index contributed by atoms with van der Waals surface area (Å²) in [5.41, 5.74) is 4.29. The molecule has 3 nitrogen and oxygen atoms in total. The Hall–Kier alpha value is -3.08. The lowest BCUT2D eigenvalue weighted by molar-refractivity contribution is 0.103. The molecule has 0 spiro atoms. The zero-order chi connectivity index (χ0) is 22.0. The van der Waals surface area contributed by atoms with Gasteiger partial charge in [-0.1, -0.05) is 107 Å². The molecule has 0 aliphatic carbocycles. The van der Waals surface area contributed by atoms with Gasteiger partial charge in [0.15, 0.2) is 0 Å². The Morgan fingerprint density at radius 3 is 1.50 bits per heavy atom. The van der Waals surface area contributed by atoms with Crippen LogP contribution in [-0.2, 0) is 24.6 Å². The van der Waals surface area contributed by atoms with Crippen LogP contribution >= 0.6 is 15.9 Å². The van der Waals surface area contributed by atoms with Gasteiger partial charge < -0.3 is 14.2 Å². The Morgan fingerprint density at radius 2 is 1.00 bits per heavy atom. The third-order valence-corrected chi connectivity index (χ3v) is 5.69. The van der Waals surface area contributed by atoms with Crippen LogP contribution in [0.1, 0.15) is 27.3 Å². The average molecular weight is 489 g/mol. The first kappa shape index (κ1) is 22.1. The zero-order valence-corrected chi connectivity index (χ0v) is 19.3. The van der Waals surface area contributed by atoms with E-state index in [0.29, 0.717) is 19.8 Å². The lowest BCUT2D eigenvalue weighted by atomic mass is 10.2. The summed E-state index contributed by atoms with van der Waals surface area (Å²) in [6.07, 6.45) is 0. The Labute approximate surface area is 197 Å². The summed E-state index contributed by atoms with van der Waals surface area (Å²) in [5.74, 6) is 1.51. The fourth-order valence-electron chi connectivity index (χ4n) is 3.23. The van der Waals surface area contributed by atoms with Crippen molar-refractivity contribution in [3.8, 4) is 11.5 Å². The lowest BCUT2D eigenvalue weighted by Gasteiger charge is -2.15. The van der Waals surface area contributed by atoms with Crippen molar-refractivity contribution in [2.24, 2.45) is 0 Å². The molecular formula is C28H25BrO3. The molecule has 0 saturated heterocycles. The Bertz CT molecular complexity index is 1020. The second-order valence-corrected chi connectivity index (χ2v) is 8.23. The standard InChI is InChI=1S/C28H25BrO3/c29-28(25-14-8-3-9-15-25)32-21-24-16-26(30-19-22-10-4-1-5-11-22)18-27(17-24)31-20-23-12-6-2-7-13-23/h1-18,28H,19-21H2. The van der Waals surface area contributed by atoms with Gasteiger partial charge in [-0.25, -0.2) is 0 Å². The normalized spacial score (nSPS) is 11.7. The van der Waals surface area contributed by atoms with E-state index in [4.69, 9.17) is 14.2 Å². The van der Waals surface area contributed by atoms with Crippen molar-refractivity contribution < 1.29 is 14.2 Å². The van der Waals surface area contributed by atoms with E-state index in [2.05, 4.69) is 40.2 Å². The fraction of sp³-hybridized carbons (Fsp3) is 0.143. The van der Waals surface area contributed by atoms with Gasteiger partial charge in [-0.3, -0.25) is 0 Å². The molecule has 0 radical (unpaired) electrons. The summed E-state index contributed by atoms with van der Waals surface area (Å²) < 4.78 is 18.2. The van der Waals surface area contributed by atoms with E-state index in [-0.39, 0.29) is 5.01 Å². The number of hydrogen-bond donors (Lipinski definition) is 0. The minimum Gasteiger partial charge on any atom is -0.489 e. The average Bonchev–Trinajstić information content (AvgIpc) is 2.86. The summed E-state index contributed by atoms with van der Waals surface area (Å²) >= 11 is 3.62. The number of halogens is 1. The highest BCUT2D eigenvalue weighted by Gasteiger charge is 2.10. The van der Waals surface area contributed by atoms with Crippen molar-refractivity contribution in [3.05, 3.63) is 131 Å². The topological polar surface area (TPSA) is 27.7 Å². The lowest BCUT2D eigenvalue weighted by Crippen LogP contribution is -2.01. The zero-order valence-electron chi connectivity index (χ0n) is 17.7. The van der Waals surface area contributed by atoms with E-state index in [1.54, 1.807) is 0 Å². The Kier molecular flexibility index (Phi) is 7.96. The number of hydrogen-bond acceptors (Lipinski definition) is 3. The van der Waals surface area contributed by atoms with Crippen LogP contribution < -0.4 is 9.47 Å². The van der Waals surface area contributed by atoms with Gasteiger partial charge in [-0.05, 0) is 34.4 Å². The number of ether oxygens (including phenoxy) is 3. The summed E-state index contributed by atoms with van der Waals surface area (Å²) in [4.78, 5) is 0. The molecular weight excluding hydrogens is 464 g/mol. The molecule has 0 aliphatic rings. The first-order valence-electron chi connectivity index (χ1n) is 10.5. The maximum Gasteiger partial charge on any atom is 0.137 e. The number of benzene rings is 4. The van der Waals surface area contributed by atoms with Gasteiger partial charge in [0.1, 0.15) is 29.7 Å². The van der Waals surface area contributed by atoms with Crippen LogP contribution in [0.25, 0.3) is 0 Å². The Balaban J connectivity index is 1.46. The second kappa shape index (κ2) is 11.5. The summed E-state index contributed by atoms with van der Waals surface area (Å²) in [6.45, 7) is 1.41. The molecule has 162 valence electrons. The van der Waals surface area contributed by atoms with Gasteiger partial charge >= 0.3 is 0 Å². The van der Waals surface area contributed by atoms with Crippen LogP contribution in [-0.4, -0.2) is 0 Å². The maximum atomic E-state index is 6.07. The van der Waals surface area contributed by atoms with Crippen molar-refractivity contribution in [2.45, 2.75) is 24.8 Å². The van der Waals surface area contributed by atoms with Crippen LogP contribution in [0.2, 0.25) is 0 Å². The highest BCUT2D eigenvalue weighted by atomic mass is 79.9. The molecule has 4 heteroatoms. The van der Waals surface area contributed by atoms with E-state index in [1.807, 2.05) is 84.9 Å². The minimum absolute atomic E-state index is 0.189. The van der Waals surface area contributed by atoms with E-state index in [1.165, 1.54) is 0 Å². The SMILES string of the molecule is BrC(OCc1cc(OCc2ccccc2)cc(OCc2ccccc2)c1)c1ccccc1. The van der Waals surface area contributed by atoms with E-state index in [0.717, 1.165) is 33.8 Å². The smallest absolute Gasteiger partial charge is 0.137 e. The molecule has 0 saturated carbocycles. The van der Waals surface area contributed by atoms with Crippen molar-refractivity contribution >= 4 is 15.9 Å². The molecule has 1 unspecified atom stereocenters. The van der Waals surface area contributed by atoms with Gasteiger partial charge in [0.05, 0.1) is 6.61 Å². The quantitative estimate of drug-likeness (QED) is 0.217. The summed E-state index contributed by atoms with van der Waals surface area (Å²) in [7, 11) is 0. The van der Waals surface area contributed by atoms with E-state index in [9.17, 15) is 0 Å². The molecule has 4 rings (SSSR count). The minimum atomic E-state index is -0.189. The first-order valence-corrected chi connectivity index (χ1v) is 11.5. The fourth-order valence-corrected chi connectivity index (χ4v) is 3.67. The maximum absolute atomic E-state index is 6.07. The summed E-state index contributed by atoms with van der Waals surface area (Å²) in [6, 6.07) is 36.2. The predicted octanol–water partition coefficient (Wildman–Crippen LogP) is 7.45. The second-order valence-electron chi connectivity index (χ2n) is 7.40. The predicted molar refractivity (Wildman–Crippen MR) is 131 cm³/mol. The third kappa shape index (κ3) is 6.71. The summed E-state index contributed by atoms with van der Waals surface area (Å²) in [5, 5.41) is -0.189. The van der Waals surface area contributed by atoms with Crippen LogP contribution in [0, 0.1) is 0 Å². The highest BCUT2D eigenvalue weighted by molar-refractivity contribution is 9.09. The van der Waals surface area contributed by atoms with Gasteiger partial charge in [0.2, 0.25) is 0 Å². The molecule has 0 bridgehead atoms. The molecule has 0 heterocycles. The van der Waals surface area contributed by atoms with Crippen LogP contribution in [0.4, 0.5) is 0 Å². The van der Waals surface area contributed by atoms with Crippen molar-refractivity contribution in [2.75, 3.05) is 0 Å². The van der Waals surface area contributed by atoms with E-state index >= 15 is 0 Å². The van der Waals surface area contributed by atoms with Gasteiger partial charge in [0.25, 0.3) is 0 Å². The molecule has 0 N–H and O–H groups in total. The first-order chi connectivity index (χ1) is 15.8. The molecule has 4 aromatic rings. The van der Waals surface area contributed by atoms with Crippen molar-refractivity contribution in [1.82, 2.24) is 0 Å². The molecule has 4 aromatic carbocycles. The Morgan fingerprint density at radius 1 is 0.531 bits per heavy atom. The largest absolute Gasteiger partial charge is 0.489 e. The molecule has 0 aromatic heterocycles. The van der Waals surface area contributed by atoms with Crippen LogP contribution in [0.15, 0.2) is 109 Å². The van der Waals surface area contributed by atoms with Crippen molar-refractivity contribution in [1.29, 1.82) is 0 Å². The molecule has 1 atom stereocenters. The van der Waals surface area contributed by atoms with Crippen LogP contribution in [0.5, 0.6) is 11.5 Å². The van der Waals surface area contributed by atoms with Gasteiger partial charge in [-0.2, -0.15) is 0 Å². The van der Waals surface area contributed by atoms with Crippen molar-refractivity contribution in [3.63, 3.8) is 0 Å².